The third-order valence-corrected chi connectivity index (χ3v) is 5.30. The minimum absolute atomic E-state index is 0.139. The van der Waals surface area contributed by atoms with Crippen molar-refractivity contribution < 1.29 is 19.1 Å². The maximum atomic E-state index is 13.0. The minimum Gasteiger partial charge on any atom is -0.497 e. The Bertz CT molecular complexity index is 1130. The Morgan fingerprint density at radius 1 is 1.16 bits per heavy atom. The molecule has 0 saturated heterocycles. The number of amides is 4. The lowest BCUT2D eigenvalue weighted by molar-refractivity contribution is -0.108. The molecule has 0 spiro atoms. The number of fused-ring (bicyclic) bond motifs is 1. The van der Waals surface area contributed by atoms with Crippen LogP contribution in [-0.4, -0.2) is 46.9 Å². The average Bonchev–Trinajstić information content (AvgIpc) is 3.14. The molecule has 0 unspecified atom stereocenters. The average molecular weight is 431 g/mol. The van der Waals surface area contributed by atoms with E-state index in [1.54, 1.807) is 30.5 Å². The summed E-state index contributed by atoms with van der Waals surface area (Å²) < 4.78 is 5.22. The highest BCUT2D eigenvalue weighted by atomic mass is 16.5. The van der Waals surface area contributed by atoms with Gasteiger partial charge in [-0.3, -0.25) is 14.9 Å². The highest BCUT2D eigenvalue weighted by Crippen LogP contribution is 2.29. The fraction of sp³-hybridized carbons (Fsp3) is 0.174. The van der Waals surface area contributed by atoms with Crippen molar-refractivity contribution in [3.8, 4) is 16.9 Å². The number of carbonyl (C=O) groups is 3. The van der Waals surface area contributed by atoms with E-state index in [1.807, 2.05) is 36.4 Å². The third-order valence-electron chi connectivity index (χ3n) is 5.30. The summed E-state index contributed by atoms with van der Waals surface area (Å²) in [5.41, 5.74) is 4.04. The van der Waals surface area contributed by atoms with E-state index in [0.717, 1.165) is 22.3 Å². The summed E-state index contributed by atoms with van der Waals surface area (Å²) in [5, 5.41) is 4.85. The molecule has 3 aromatic rings. The third kappa shape index (κ3) is 4.41. The predicted octanol–water partition coefficient (Wildman–Crippen LogP) is 2.30. The molecular weight excluding hydrogens is 410 g/mol. The molecule has 4 amide bonds. The summed E-state index contributed by atoms with van der Waals surface area (Å²) in [7, 11) is 1.55. The largest absolute Gasteiger partial charge is 0.497 e. The van der Waals surface area contributed by atoms with Crippen molar-refractivity contribution in [1.82, 2.24) is 25.5 Å². The predicted molar refractivity (Wildman–Crippen MR) is 116 cm³/mol. The summed E-state index contributed by atoms with van der Waals surface area (Å²) in [6.07, 6.45) is 5.20. The van der Waals surface area contributed by atoms with Gasteiger partial charge in [0.1, 0.15) is 12.1 Å². The van der Waals surface area contributed by atoms with Crippen LogP contribution in [0.3, 0.4) is 0 Å². The Labute approximate surface area is 184 Å². The molecular formula is C23H21N5O4. The van der Waals surface area contributed by atoms with E-state index in [9.17, 15) is 14.4 Å². The molecule has 32 heavy (non-hydrogen) atoms. The number of nitrogens with zero attached hydrogens (tertiary/aromatic N) is 3. The van der Waals surface area contributed by atoms with E-state index in [1.165, 1.54) is 6.33 Å². The molecule has 1 atom stereocenters. The van der Waals surface area contributed by atoms with E-state index in [4.69, 9.17) is 4.74 Å². The molecule has 9 nitrogen and oxygen atoms in total. The summed E-state index contributed by atoms with van der Waals surface area (Å²) in [6.45, 7) is 0.654. The van der Waals surface area contributed by atoms with Crippen molar-refractivity contribution in [2.75, 3.05) is 13.7 Å². The SMILES string of the molecule is COc1ccc2c(c1)C(=O)N(C[C@H](NC(=O)NC=O)c1ccc(-c3cncnc3)cc1)C2. The minimum atomic E-state index is -0.642. The van der Waals surface area contributed by atoms with E-state index >= 15 is 0 Å². The number of benzene rings is 2. The number of hydrogen-bond acceptors (Lipinski definition) is 6. The molecule has 0 saturated carbocycles. The van der Waals surface area contributed by atoms with Crippen molar-refractivity contribution in [3.63, 3.8) is 0 Å². The first kappa shape index (κ1) is 21.0. The van der Waals surface area contributed by atoms with Crippen LogP contribution in [0.15, 0.2) is 61.2 Å². The van der Waals surface area contributed by atoms with Crippen LogP contribution >= 0.6 is 0 Å². The molecule has 0 fully saturated rings. The van der Waals surface area contributed by atoms with Gasteiger partial charge in [-0.05, 0) is 28.8 Å². The lowest BCUT2D eigenvalue weighted by Crippen LogP contribution is -2.42. The lowest BCUT2D eigenvalue weighted by Gasteiger charge is -2.25. The monoisotopic (exact) mass is 431 g/mol. The zero-order valence-corrected chi connectivity index (χ0v) is 17.3. The van der Waals surface area contributed by atoms with Crippen molar-refractivity contribution in [3.05, 3.63) is 77.9 Å². The number of carbonyl (C=O) groups excluding carboxylic acids is 3. The number of ether oxygens (including phenoxy) is 1. The van der Waals surface area contributed by atoms with Gasteiger partial charge in [0, 0.05) is 36.6 Å². The molecule has 0 radical (unpaired) electrons. The molecule has 2 N–H and O–H groups in total. The summed E-state index contributed by atoms with van der Waals surface area (Å²) in [4.78, 5) is 45.4. The number of methoxy groups -OCH3 is 1. The van der Waals surface area contributed by atoms with Gasteiger partial charge in [0.05, 0.1) is 13.2 Å². The van der Waals surface area contributed by atoms with Gasteiger partial charge in [-0.2, -0.15) is 0 Å². The van der Waals surface area contributed by atoms with E-state index in [0.29, 0.717) is 24.3 Å². The number of hydrogen-bond donors (Lipinski definition) is 2. The molecule has 0 bridgehead atoms. The Morgan fingerprint density at radius 2 is 1.91 bits per heavy atom. The topological polar surface area (TPSA) is 114 Å². The van der Waals surface area contributed by atoms with Crippen molar-refractivity contribution in [2.45, 2.75) is 12.6 Å². The summed E-state index contributed by atoms with van der Waals surface area (Å²) >= 11 is 0. The standard InChI is InChI=1S/C23H21N5O4/c1-32-19-7-6-17-11-28(22(30)20(17)8-19)12-21(27-23(31)26-14-29)16-4-2-15(3-5-16)18-9-24-13-25-10-18/h2-10,13-14,21H,11-12H2,1H3,(H2,26,27,29,31)/t21-/m0/s1. The highest BCUT2D eigenvalue weighted by Gasteiger charge is 2.30. The van der Waals surface area contributed by atoms with E-state index < -0.39 is 12.1 Å². The Balaban J connectivity index is 1.56. The highest BCUT2D eigenvalue weighted by molar-refractivity contribution is 5.98. The smallest absolute Gasteiger partial charge is 0.321 e. The van der Waals surface area contributed by atoms with Gasteiger partial charge in [0.2, 0.25) is 6.41 Å². The van der Waals surface area contributed by atoms with Crippen LogP contribution in [0.1, 0.15) is 27.5 Å². The Kier molecular flexibility index (Phi) is 6.07. The van der Waals surface area contributed by atoms with Gasteiger partial charge >= 0.3 is 6.03 Å². The zero-order valence-electron chi connectivity index (χ0n) is 17.3. The maximum absolute atomic E-state index is 13.0. The first-order chi connectivity index (χ1) is 15.6. The first-order valence-electron chi connectivity index (χ1n) is 9.91. The van der Waals surface area contributed by atoms with E-state index in [2.05, 4.69) is 20.6 Å². The molecule has 162 valence electrons. The van der Waals surface area contributed by atoms with Gasteiger partial charge in [-0.1, -0.05) is 30.3 Å². The van der Waals surface area contributed by atoms with Crippen LogP contribution in [-0.2, 0) is 11.3 Å². The maximum Gasteiger partial charge on any atom is 0.321 e. The summed E-state index contributed by atoms with van der Waals surface area (Å²) in [6, 6.07) is 11.7. The molecule has 1 aromatic heterocycles. The Hall–Kier alpha value is -4.27. The normalized spacial score (nSPS) is 13.3. The quantitative estimate of drug-likeness (QED) is 0.555. The van der Waals surface area contributed by atoms with Gasteiger partial charge in [0.15, 0.2) is 0 Å². The molecule has 1 aliphatic rings. The summed E-state index contributed by atoms with van der Waals surface area (Å²) in [5.74, 6) is 0.471. The van der Waals surface area contributed by atoms with Gasteiger partial charge in [-0.15, -0.1) is 0 Å². The molecule has 9 heteroatoms. The van der Waals surface area contributed by atoms with Gasteiger partial charge in [0.25, 0.3) is 5.91 Å². The Morgan fingerprint density at radius 3 is 2.59 bits per heavy atom. The number of imide groups is 1. The molecule has 4 rings (SSSR count). The fourth-order valence-corrected chi connectivity index (χ4v) is 3.68. The van der Waals surface area contributed by atoms with Crippen LogP contribution in [0.2, 0.25) is 0 Å². The second kappa shape index (κ2) is 9.25. The molecule has 2 aromatic carbocycles. The second-order valence-electron chi connectivity index (χ2n) is 7.25. The molecule has 1 aliphatic heterocycles. The van der Waals surface area contributed by atoms with Crippen molar-refractivity contribution in [2.24, 2.45) is 0 Å². The van der Waals surface area contributed by atoms with Crippen molar-refractivity contribution in [1.29, 1.82) is 0 Å². The fourth-order valence-electron chi connectivity index (χ4n) is 3.68. The van der Waals surface area contributed by atoms with Crippen LogP contribution in [0.4, 0.5) is 4.79 Å². The van der Waals surface area contributed by atoms with Crippen molar-refractivity contribution >= 4 is 18.3 Å². The second-order valence-corrected chi connectivity index (χ2v) is 7.25. The number of rotatable bonds is 7. The lowest BCUT2D eigenvalue weighted by atomic mass is 10.0. The number of nitrogens with one attached hydrogen (secondary N) is 2. The van der Waals surface area contributed by atoms with Gasteiger partial charge < -0.3 is 15.0 Å². The van der Waals surface area contributed by atoms with Crippen LogP contribution in [0, 0.1) is 0 Å². The van der Waals surface area contributed by atoms with Gasteiger partial charge in [-0.25, -0.2) is 14.8 Å². The van der Waals surface area contributed by atoms with E-state index in [-0.39, 0.29) is 12.5 Å². The zero-order chi connectivity index (χ0) is 22.5. The van der Waals surface area contributed by atoms with Crippen LogP contribution < -0.4 is 15.4 Å². The number of aromatic nitrogens is 2. The van der Waals surface area contributed by atoms with Crippen LogP contribution in [0.5, 0.6) is 5.75 Å². The molecule has 2 heterocycles. The van der Waals surface area contributed by atoms with Crippen LogP contribution in [0.25, 0.3) is 11.1 Å². The number of urea groups is 1. The molecule has 0 aliphatic carbocycles. The first-order valence-corrected chi connectivity index (χ1v) is 9.91.